The monoisotopic (exact) mass is 749 g/mol. The maximum Gasteiger partial charge on any atom is 0.341 e. The van der Waals surface area contributed by atoms with Crippen LogP contribution in [0.4, 0.5) is 10.7 Å². The summed E-state index contributed by atoms with van der Waals surface area (Å²) in [6.45, 7) is 0. The molecule has 0 radical (unpaired) electrons. The zero-order valence-corrected chi connectivity index (χ0v) is 30.7. The number of nitrogens with one attached hydrogen (secondary N) is 3. The van der Waals surface area contributed by atoms with Gasteiger partial charge in [0.05, 0.1) is 12.7 Å². The highest BCUT2D eigenvalue weighted by Crippen LogP contribution is 2.41. The van der Waals surface area contributed by atoms with Crippen LogP contribution < -0.4 is 16.0 Å². The highest BCUT2D eigenvalue weighted by Gasteiger charge is 2.29. The van der Waals surface area contributed by atoms with Crippen LogP contribution in [-0.4, -0.2) is 30.8 Å². The first-order valence-electron chi connectivity index (χ1n) is 16.8. The third-order valence-electron chi connectivity index (χ3n) is 8.47. The van der Waals surface area contributed by atoms with Crippen LogP contribution in [0.2, 0.25) is 5.02 Å². The van der Waals surface area contributed by atoms with Gasteiger partial charge < -0.3 is 20.7 Å². The van der Waals surface area contributed by atoms with Crippen molar-refractivity contribution in [2.75, 3.05) is 17.7 Å². The van der Waals surface area contributed by atoms with E-state index in [1.807, 2.05) is 36.4 Å². The normalized spacial score (nSPS) is 13.2. The van der Waals surface area contributed by atoms with Gasteiger partial charge in [0.2, 0.25) is 5.91 Å². The molecular formula is C41H36ClN3O5S2. The van der Waals surface area contributed by atoms with Crippen molar-refractivity contribution in [2.45, 2.75) is 42.2 Å². The van der Waals surface area contributed by atoms with Gasteiger partial charge in [0.25, 0.3) is 11.8 Å². The van der Waals surface area contributed by atoms with E-state index in [2.05, 4.69) is 16.0 Å². The molecule has 1 aliphatic carbocycles. The molecule has 0 spiro atoms. The molecule has 1 heterocycles. The van der Waals surface area contributed by atoms with Crippen LogP contribution in [0.15, 0.2) is 120 Å². The molecule has 6 rings (SSSR count). The Morgan fingerprint density at radius 1 is 0.827 bits per heavy atom. The number of halogens is 1. The van der Waals surface area contributed by atoms with Crippen molar-refractivity contribution in [3.8, 4) is 0 Å². The maximum atomic E-state index is 14.1. The van der Waals surface area contributed by atoms with E-state index >= 15 is 0 Å². The topological polar surface area (TPSA) is 114 Å². The number of carbonyl (C=O) groups excluding carboxylic acids is 4. The summed E-state index contributed by atoms with van der Waals surface area (Å²) in [5.74, 6) is -1.75. The Hall–Kier alpha value is -5.16. The Labute approximate surface area is 315 Å². The number of esters is 1. The number of thioether (sulfide) groups is 1. The van der Waals surface area contributed by atoms with Gasteiger partial charge in [0.1, 0.15) is 15.9 Å². The fraction of sp³-hybridized carbons (Fsp3) is 0.171. The van der Waals surface area contributed by atoms with Crippen LogP contribution in [0.3, 0.4) is 0 Å². The van der Waals surface area contributed by atoms with Gasteiger partial charge in [0.15, 0.2) is 0 Å². The second-order valence-corrected chi connectivity index (χ2v) is 14.7. The Bertz CT molecular complexity index is 2120. The van der Waals surface area contributed by atoms with Crippen molar-refractivity contribution >= 4 is 75.2 Å². The van der Waals surface area contributed by atoms with Crippen molar-refractivity contribution in [1.82, 2.24) is 5.32 Å². The van der Waals surface area contributed by atoms with E-state index in [4.69, 9.17) is 16.3 Å². The van der Waals surface area contributed by atoms with Crippen LogP contribution in [0.1, 0.15) is 66.8 Å². The van der Waals surface area contributed by atoms with Gasteiger partial charge in [-0.05, 0) is 84.8 Å². The van der Waals surface area contributed by atoms with E-state index in [0.29, 0.717) is 37.3 Å². The molecule has 0 bridgehead atoms. The predicted molar refractivity (Wildman–Crippen MR) is 209 cm³/mol. The van der Waals surface area contributed by atoms with E-state index < -0.39 is 23.0 Å². The minimum Gasteiger partial charge on any atom is -0.465 e. The average Bonchev–Trinajstić information content (AvgIpc) is 3.33. The van der Waals surface area contributed by atoms with E-state index in [9.17, 15) is 19.2 Å². The van der Waals surface area contributed by atoms with Crippen molar-refractivity contribution in [3.63, 3.8) is 0 Å². The maximum absolute atomic E-state index is 14.1. The number of anilines is 2. The first-order chi connectivity index (χ1) is 25.3. The molecule has 0 fully saturated rings. The van der Waals surface area contributed by atoms with E-state index in [1.54, 1.807) is 72.8 Å². The summed E-state index contributed by atoms with van der Waals surface area (Å²) in [6.07, 6.45) is 6.27. The molecule has 1 aliphatic rings. The standard InChI is InChI=1S/C41H36ClN3O5S2/c1-50-41(49)35-31-21-9-4-10-23-34(31)52-40(35)45-39(48)36(26-14-5-2-6-15-26)51-30-20-13-19-29(25-30)43-38(47)33(24-28-18-11-12-22-32(28)42)44-37(46)27-16-7-3-8-17-27/h2-3,5-8,11-20,22,24-25,36H,4,9-10,21,23H2,1H3,(H,43,47)(H,44,46)(H,45,48)/b33-24+. The van der Waals surface area contributed by atoms with Gasteiger partial charge >= 0.3 is 5.97 Å². The molecule has 0 saturated carbocycles. The van der Waals surface area contributed by atoms with Gasteiger partial charge in [-0.25, -0.2) is 4.79 Å². The SMILES string of the molecule is COC(=O)c1c(NC(=O)C(Sc2cccc(NC(=O)/C(=C\c3ccccc3Cl)NC(=O)c3ccccc3)c2)c2ccccc2)sc2c1CCCCC2. The third kappa shape index (κ3) is 9.00. The second-order valence-electron chi connectivity index (χ2n) is 12.0. The number of amides is 3. The zero-order chi connectivity index (χ0) is 36.5. The second kappa shape index (κ2) is 17.4. The number of hydrogen-bond acceptors (Lipinski definition) is 7. The van der Waals surface area contributed by atoms with Crippen LogP contribution in [-0.2, 0) is 27.2 Å². The molecule has 5 aromatic rings. The average molecular weight is 750 g/mol. The van der Waals surface area contributed by atoms with Gasteiger partial charge in [-0.2, -0.15) is 0 Å². The minimum absolute atomic E-state index is 0.00249. The van der Waals surface area contributed by atoms with Gasteiger partial charge in [0, 0.05) is 26.0 Å². The molecule has 8 nitrogen and oxygen atoms in total. The lowest BCUT2D eigenvalue weighted by atomic mass is 10.1. The summed E-state index contributed by atoms with van der Waals surface area (Å²) in [5.41, 5.74) is 3.58. The van der Waals surface area contributed by atoms with E-state index in [0.717, 1.165) is 48.1 Å². The molecule has 1 aromatic heterocycles. The smallest absolute Gasteiger partial charge is 0.341 e. The number of benzene rings is 4. The van der Waals surface area contributed by atoms with Gasteiger partial charge in [-0.15, -0.1) is 23.1 Å². The molecule has 3 amide bonds. The molecule has 1 unspecified atom stereocenters. The highest BCUT2D eigenvalue weighted by atomic mass is 35.5. The van der Waals surface area contributed by atoms with Crippen molar-refractivity contribution in [1.29, 1.82) is 0 Å². The molecule has 52 heavy (non-hydrogen) atoms. The number of aryl methyl sites for hydroxylation is 1. The van der Waals surface area contributed by atoms with Crippen LogP contribution in [0.5, 0.6) is 0 Å². The summed E-state index contributed by atoms with van der Waals surface area (Å²) >= 11 is 9.16. The zero-order valence-electron chi connectivity index (χ0n) is 28.3. The number of rotatable bonds is 11. The van der Waals surface area contributed by atoms with Crippen LogP contribution >= 0.6 is 34.7 Å². The molecular weight excluding hydrogens is 714 g/mol. The lowest BCUT2D eigenvalue weighted by Crippen LogP contribution is -2.30. The fourth-order valence-corrected chi connectivity index (χ4v) is 8.45. The van der Waals surface area contributed by atoms with Gasteiger partial charge in [-0.3, -0.25) is 14.4 Å². The first kappa shape index (κ1) is 36.6. The highest BCUT2D eigenvalue weighted by molar-refractivity contribution is 8.00. The minimum atomic E-state index is -0.694. The number of ether oxygens (including phenoxy) is 1. The molecule has 0 aliphatic heterocycles. The number of carbonyl (C=O) groups is 4. The molecule has 0 saturated heterocycles. The van der Waals surface area contributed by atoms with Crippen molar-refractivity contribution in [2.24, 2.45) is 0 Å². The Kier molecular flexibility index (Phi) is 12.2. The Morgan fingerprint density at radius 3 is 2.29 bits per heavy atom. The molecule has 3 N–H and O–H groups in total. The summed E-state index contributed by atoms with van der Waals surface area (Å²) in [6, 6.07) is 32.1. The van der Waals surface area contributed by atoms with Crippen molar-refractivity contribution in [3.05, 3.63) is 153 Å². The Morgan fingerprint density at radius 2 is 1.54 bits per heavy atom. The number of thiophene rings is 1. The first-order valence-corrected chi connectivity index (χ1v) is 18.9. The number of methoxy groups -OCH3 is 1. The molecule has 11 heteroatoms. The van der Waals surface area contributed by atoms with Gasteiger partial charge in [-0.1, -0.05) is 90.8 Å². The molecule has 4 aromatic carbocycles. The summed E-state index contributed by atoms with van der Waals surface area (Å²) in [5, 5.41) is 8.93. The summed E-state index contributed by atoms with van der Waals surface area (Å²) < 4.78 is 5.15. The quantitative estimate of drug-likeness (QED) is 0.0537. The number of fused-ring (bicyclic) bond motifs is 1. The molecule has 1 atom stereocenters. The van der Waals surface area contributed by atoms with E-state index in [-0.39, 0.29) is 11.6 Å². The third-order valence-corrected chi connectivity index (χ3v) is 11.3. The summed E-state index contributed by atoms with van der Waals surface area (Å²) in [4.78, 5) is 55.8. The fourth-order valence-electron chi connectivity index (χ4n) is 5.90. The van der Waals surface area contributed by atoms with Crippen molar-refractivity contribution < 1.29 is 23.9 Å². The summed E-state index contributed by atoms with van der Waals surface area (Å²) in [7, 11) is 1.36. The lowest BCUT2D eigenvalue weighted by molar-refractivity contribution is -0.116. The lowest BCUT2D eigenvalue weighted by Gasteiger charge is -2.18. The predicted octanol–water partition coefficient (Wildman–Crippen LogP) is 9.34. The van der Waals surface area contributed by atoms with E-state index in [1.165, 1.54) is 36.3 Å². The number of hydrogen-bond donors (Lipinski definition) is 3. The van der Waals surface area contributed by atoms with Crippen LogP contribution in [0, 0.1) is 0 Å². The Balaban J connectivity index is 1.25. The molecule has 264 valence electrons. The largest absolute Gasteiger partial charge is 0.465 e. The van der Waals surface area contributed by atoms with Crippen LogP contribution in [0.25, 0.3) is 6.08 Å².